The van der Waals surface area contributed by atoms with E-state index in [0.717, 1.165) is 61.6 Å². The Bertz CT molecular complexity index is 842. The van der Waals surface area contributed by atoms with Gasteiger partial charge in [0.05, 0.1) is 0 Å². The number of carbonyl (C=O) groups is 2. The van der Waals surface area contributed by atoms with Crippen molar-refractivity contribution in [2.24, 2.45) is 0 Å². The van der Waals surface area contributed by atoms with Crippen LogP contribution in [0.4, 0.5) is 0 Å². The second-order valence-corrected chi connectivity index (χ2v) is 8.18. The number of hydrogen-bond donors (Lipinski definition) is 2. The van der Waals surface area contributed by atoms with E-state index in [1.807, 2.05) is 24.2 Å². The van der Waals surface area contributed by atoms with Crippen LogP contribution in [-0.2, 0) is 11.3 Å². The fourth-order valence-corrected chi connectivity index (χ4v) is 3.88. The van der Waals surface area contributed by atoms with Gasteiger partial charge < -0.3 is 15.5 Å². The van der Waals surface area contributed by atoms with Gasteiger partial charge in [-0.2, -0.15) is 0 Å². The molecule has 172 valence electrons. The SMILES string of the molecule is C=CNN(C)Cc1cc(-c2ccc(C3CCNCC3)cc2)ccc1C=O.CCCCC=O. The van der Waals surface area contributed by atoms with Crippen LogP contribution in [0.1, 0.15) is 66.4 Å². The van der Waals surface area contributed by atoms with Crippen molar-refractivity contribution < 1.29 is 9.59 Å². The Morgan fingerprint density at radius 3 is 2.34 bits per heavy atom. The summed E-state index contributed by atoms with van der Waals surface area (Å²) in [5.41, 5.74) is 8.48. The molecule has 0 atom stereocenters. The van der Waals surface area contributed by atoms with Gasteiger partial charge in [-0.25, -0.2) is 5.01 Å². The summed E-state index contributed by atoms with van der Waals surface area (Å²) in [4.78, 5) is 20.9. The van der Waals surface area contributed by atoms with Crippen LogP contribution >= 0.6 is 0 Å². The Labute approximate surface area is 192 Å². The van der Waals surface area contributed by atoms with Crippen LogP contribution in [-0.4, -0.2) is 37.7 Å². The van der Waals surface area contributed by atoms with Gasteiger partial charge in [0.1, 0.15) is 12.6 Å². The highest BCUT2D eigenvalue weighted by Crippen LogP contribution is 2.28. The van der Waals surface area contributed by atoms with Gasteiger partial charge in [0, 0.05) is 31.8 Å². The number of hydrazine groups is 1. The third-order valence-electron chi connectivity index (χ3n) is 5.72. The molecule has 5 heteroatoms. The molecule has 2 aromatic rings. The van der Waals surface area contributed by atoms with Crippen LogP contribution < -0.4 is 10.7 Å². The minimum atomic E-state index is 0.626. The average molecular weight is 436 g/mol. The smallest absolute Gasteiger partial charge is 0.150 e. The highest BCUT2D eigenvalue weighted by atomic mass is 16.1. The number of nitrogens with one attached hydrogen (secondary N) is 2. The van der Waals surface area contributed by atoms with E-state index in [9.17, 15) is 9.59 Å². The maximum absolute atomic E-state index is 11.4. The number of rotatable bonds is 10. The fraction of sp³-hybridized carbons (Fsp3) is 0.407. The first-order chi connectivity index (χ1) is 15.6. The molecule has 0 unspecified atom stereocenters. The Morgan fingerprint density at radius 1 is 1.09 bits per heavy atom. The van der Waals surface area contributed by atoms with E-state index in [1.165, 1.54) is 24.0 Å². The zero-order valence-electron chi connectivity index (χ0n) is 19.5. The lowest BCUT2D eigenvalue weighted by Crippen LogP contribution is -2.29. The van der Waals surface area contributed by atoms with Gasteiger partial charge in [0.15, 0.2) is 0 Å². The van der Waals surface area contributed by atoms with Crippen LogP contribution in [0.2, 0.25) is 0 Å². The maximum Gasteiger partial charge on any atom is 0.150 e. The average Bonchev–Trinajstić information content (AvgIpc) is 2.84. The van der Waals surface area contributed by atoms with Crippen LogP contribution in [0.15, 0.2) is 55.2 Å². The Balaban J connectivity index is 0.000000534. The van der Waals surface area contributed by atoms with Gasteiger partial charge in [-0.1, -0.05) is 56.3 Å². The van der Waals surface area contributed by atoms with Crippen molar-refractivity contribution in [2.75, 3.05) is 20.1 Å². The summed E-state index contributed by atoms with van der Waals surface area (Å²) in [5, 5.41) is 5.32. The molecule has 2 aromatic carbocycles. The highest BCUT2D eigenvalue weighted by Gasteiger charge is 2.15. The molecular weight excluding hydrogens is 398 g/mol. The molecular formula is C27H37N3O2. The number of unbranched alkanes of at least 4 members (excludes halogenated alkanes) is 2. The number of benzene rings is 2. The summed E-state index contributed by atoms with van der Waals surface area (Å²) < 4.78 is 0. The van der Waals surface area contributed by atoms with Crippen molar-refractivity contribution in [3.8, 4) is 11.1 Å². The van der Waals surface area contributed by atoms with Gasteiger partial charge >= 0.3 is 0 Å². The lowest BCUT2D eigenvalue weighted by molar-refractivity contribution is -0.107. The van der Waals surface area contributed by atoms with Crippen LogP contribution in [0.25, 0.3) is 11.1 Å². The number of nitrogens with zero attached hydrogens (tertiary/aromatic N) is 1. The van der Waals surface area contributed by atoms with Crippen LogP contribution in [0.5, 0.6) is 0 Å². The van der Waals surface area contributed by atoms with E-state index in [4.69, 9.17) is 0 Å². The highest BCUT2D eigenvalue weighted by molar-refractivity contribution is 5.79. The van der Waals surface area contributed by atoms with E-state index >= 15 is 0 Å². The summed E-state index contributed by atoms with van der Waals surface area (Å²) in [5.74, 6) is 0.664. The van der Waals surface area contributed by atoms with Crippen molar-refractivity contribution in [2.45, 2.75) is 51.5 Å². The van der Waals surface area contributed by atoms with Gasteiger partial charge in [-0.3, -0.25) is 4.79 Å². The standard InChI is InChI=1S/C22H27N3O.C5H10O/c1-3-24-25(2)15-22-14-20(8-9-21(22)16-26)18-6-4-17(5-7-18)19-10-12-23-13-11-19;1-2-3-4-5-6/h3-9,14,16,19,23-24H,1,10-13,15H2,2H3;5H,2-4H2,1H3. The number of piperidine rings is 1. The van der Waals surface area contributed by atoms with Crippen LogP contribution in [0, 0.1) is 0 Å². The van der Waals surface area contributed by atoms with Crippen molar-refractivity contribution >= 4 is 12.6 Å². The predicted molar refractivity (Wildman–Crippen MR) is 132 cm³/mol. The van der Waals surface area contributed by atoms with Crippen LogP contribution in [0.3, 0.4) is 0 Å². The van der Waals surface area contributed by atoms with E-state index in [2.05, 4.69) is 54.6 Å². The van der Waals surface area contributed by atoms with Crippen molar-refractivity contribution in [1.82, 2.24) is 15.8 Å². The van der Waals surface area contributed by atoms with Crippen molar-refractivity contribution in [3.63, 3.8) is 0 Å². The monoisotopic (exact) mass is 435 g/mol. The Kier molecular flexibility index (Phi) is 11.4. The molecule has 1 saturated heterocycles. The molecule has 0 saturated carbocycles. The first-order valence-corrected chi connectivity index (χ1v) is 11.5. The number of carbonyl (C=O) groups excluding carboxylic acids is 2. The molecule has 0 radical (unpaired) electrons. The minimum absolute atomic E-state index is 0.626. The molecule has 1 fully saturated rings. The van der Waals surface area contributed by atoms with E-state index in [0.29, 0.717) is 12.5 Å². The molecule has 0 spiro atoms. The Hall–Kier alpha value is -2.76. The normalized spacial score (nSPS) is 13.7. The largest absolute Gasteiger partial charge is 0.327 e. The summed E-state index contributed by atoms with van der Waals surface area (Å²) in [6.45, 7) is 8.58. The summed E-state index contributed by atoms with van der Waals surface area (Å²) in [6.07, 6.45) is 8.83. The lowest BCUT2D eigenvalue weighted by atomic mass is 9.89. The van der Waals surface area contributed by atoms with Crippen molar-refractivity contribution in [3.05, 3.63) is 71.9 Å². The molecule has 32 heavy (non-hydrogen) atoms. The van der Waals surface area contributed by atoms with E-state index in [-0.39, 0.29) is 0 Å². The second-order valence-electron chi connectivity index (χ2n) is 8.18. The molecule has 1 aliphatic rings. The zero-order valence-corrected chi connectivity index (χ0v) is 19.5. The third-order valence-corrected chi connectivity index (χ3v) is 5.72. The number of aldehydes is 2. The molecule has 0 aliphatic carbocycles. The van der Waals surface area contributed by atoms with Gasteiger partial charge in [-0.15, -0.1) is 0 Å². The lowest BCUT2D eigenvalue weighted by Gasteiger charge is -2.23. The molecule has 1 aliphatic heterocycles. The van der Waals surface area contributed by atoms with Gasteiger partial charge in [-0.05, 0) is 66.6 Å². The molecule has 0 bridgehead atoms. The van der Waals surface area contributed by atoms with Gasteiger partial charge in [0.25, 0.3) is 0 Å². The second kappa shape index (κ2) is 14.3. The van der Waals surface area contributed by atoms with E-state index in [1.54, 1.807) is 6.20 Å². The topological polar surface area (TPSA) is 61.4 Å². The predicted octanol–water partition coefficient (Wildman–Crippen LogP) is 5.09. The third kappa shape index (κ3) is 8.06. The first kappa shape index (κ1) is 25.5. The molecule has 3 rings (SSSR count). The molecule has 2 N–H and O–H groups in total. The minimum Gasteiger partial charge on any atom is -0.327 e. The molecule has 0 aromatic heterocycles. The zero-order chi connectivity index (χ0) is 23.2. The quantitative estimate of drug-likeness (QED) is 0.309. The molecule has 1 heterocycles. The Morgan fingerprint density at radius 2 is 1.78 bits per heavy atom. The maximum atomic E-state index is 11.4. The summed E-state index contributed by atoms with van der Waals surface area (Å²) in [6, 6.07) is 14.9. The summed E-state index contributed by atoms with van der Waals surface area (Å²) >= 11 is 0. The first-order valence-electron chi connectivity index (χ1n) is 11.5. The van der Waals surface area contributed by atoms with E-state index < -0.39 is 0 Å². The molecule has 0 amide bonds. The van der Waals surface area contributed by atoms with Crippen molar-refractivity contribution in [1.29, 1.82) is 0 Å². The number of hydrogen-bond acceptors (Lipinski definition) is 5. The summed E-state index contributed by atoms with van der Waals surface area (Å²) in [7, 11) is 1.93. The fourth-order valence-electron chi connectivity index (χ4n) is 3.88. The molecule has 5 nitrogen and oxygen atoms in total. The van der Waals surface area contributed by atoms with Gasteiger partial charge in [0.2, 0.25) is 0 Å².